The third kappa shape index (κ3) is 5.67. The number of hydrogen-bond acceptors (Lipinski definition) is 4. The second-order valence-corrected chi connectivity index (χ2v) is 7.89. The molecule has 1 amide bonds. The van der Waals surface area contributed by atoms with E-state index in [1.807, 2.05) is 49.4 Å². The molecule has 3 aromatic rings. The highest BCUT2D eigenvalue weighted by Gasteiger charge is 2.11. The minimum atomic E-state index is -0.0322. The van der Waals surface area contributed by atoms with E-state index in [9.17, 15) is 4.79 Å². The second-order valence-electron chi connectivity index (χ2n) is 6.68. The summed E-state index contributed by atoms with van der Waals surface area (Å²) in [6.45, 7) is 4.72. The Morgan fingerprint density at radius 2 is 1.86 bits per heavy atom. The maximum atomic E-state index is 12.2. The van der Waals surface area contributed by atoms with E-state index in [1.54, 1.807) is 0 Å². The Morgan fingerprint density at radius 1 is 1.11 bits per heavy atom. The van der Waals surface area contributed by atoms with Gasteiger partial charge in [0, 0.05) is 16.9 Å². The zero-order valence-electron chi connectivity index (χ0n) is 16.4. The van der Waals surface area contributed by atoms with Crippen LogP contribution in [0.2, 0.25) is 0 Å². The minimum absolute atomic E-state index is 0.0322. The summed E-state index contributed by atoms with van der Waals surface area (Å²) >= 11 is 1.50. The lowest BCUT2D eigenvalue weighted by Crippen LogP contribution is -2.12. The molecule has 1 aromatic heterocycles. The summed E-state index contributed by atoms with van der Waals surface area (Å²) in [5.74, 6) is 0.818. The van der Waals surface area contributed by atoms with Crippen molar-refractivity contribution in [1.29, 1.82) is 0 Å². The van der Waals surface area contributed by atoms with Crippen molar-refractivity contribution in [2.24, 2.45) is 0 Å². The number of anilines is 1. The third-order valence-corrected chi connectivity index (χ3v) is 5.26. The van der Waals surface area contributed by atoms with Crippen molar-refractivity contribution < 1.29 is 9.53 Å². The number of nitrogens with zero attached hydrogens (tertiary/aromatic N) is 1. The van der Waals surface area contributed by atoms with Crippen molar-refractivity contribution in [2.75, 3.05) is 11.9 Å². The van der Waals surface area contributed by atoms with Crippen LogP contribution >= 0.6 is 11.3 Å². The average molecular weight is 395 g/mol. The minimum Gasteiger partial charge on any atom is -0.494 e. The Hall–Kier alpha value is -2.66. The van der Waals surface area contributed by atoms with Crippen LogP contribution in [0.3, 0.4) is 0 Å². The SMILES string of the molecule is CCCc1ccc(OCCCC(=O)Nc2nc(-c3ccccc3)c(C)s2)cc1. The zero-order valence-corrected chi connectivity index (χ0v) is 17.2. The number of amides is 1. The van der Waals surface area contributed by atoms with Gasteiger partial charge in [0.15, 0.2) is 5.13 Å². The number of carbonyl (C=O) groups excluding carboxylic acids is 1. The van der Waals surface area contributed by atoms with Crippen LogP contribution < -0.4 is 10.1 Å². The van der Waals surface area contributed by atoms with Crippen LogP contribution in [0.4, 0.5) is 5.13 Å². The molecule has 4 nitrogen and oxygen atoms in total. The topological polar surface area (TPSA) is 51.2 Å². The van der Waals surface area contributed by atoms with Gasteiger partial charge in [-0.05, 0) is 37.5 Å². The maximum Gasteiger partial charge on any atom is 0.226 e. The fourth-order valence-corrected chi connectivity index (χ4v) is 3.81. The fraction of sp³-hybridized carbons (Fsp3) is 0.304. The molecule has 146 valence electrons. The highest BCUT2D eigenvalue weighted by atomic mass is 32.1. The summed E-state index contributed by atoms with van der Waals surface area (Å²) in [6.07, 6.45) is 3.30. The van der Waals surface area contributed by atoms with Gasteiger partial charge in [0.25, 0.3) is 0 Å². The molecule has 0 saturated carbocycles. The Morgan fingerprint density at radius 3 is 2.57 bits per heavy atom. The molecule has 3 rings (SSSR count). The lowest BCUT2D eigenvalue weighted by molar-refractivity contribution is -0.116. The van der Waals surface area contributed by atoms with E-state index >= 15 is 0 Å². The number of benzene rings is 2. The lowest BCUT2D eigenvalue weighted by atomic mass is 10.1. The van der Waals surface area contributed by atoms with Gasteiger partial charge in [-0.25, -0.2) is 4.98 Å². The highest BCUT2D eigenvalue weighted by molar-refractivity contribution is 7.16. The lowest BCUT2D eigenvalue weighted by Gasteiger charge is -2.07. The zero-order chi connectivity index (χ0) is 19.8. The van der Waals surface area contributed by atoms with Gasteiger partial charge in [-0.2, -0.15) is 0 Å². The standard InChI is InChI=1S/C23H26N2O2S/c1-3-8-18-12-14-20(15-13-18)27-16-7-11-21(26)24-23-25-22(17(2)28-23)19-9-5-4-6-10-19/h4-6,9-10,12-15H,3,7-8,11,16H2,1-2H3,(H,24,25,26). The molecule has 1 N–H and O–H groups in total. The van der Waals surface area contributed by atoms with Crippen LogP contribution in [-0.2, 0) is 11.2 Å². The molecule has 0 aliphatic rings. The Bertz CT molecular complexity index is 889. The monoisotopic (exact) mass is 394 g/mol. The number of nitrogens with one attached hydrogen (secondary N) is 1. The first-order valence-electron chi connectivity index (χ1n) is 9.70. The Labute approximate surface area is 170 Å². The molecule has 1 heterocycles. The molecule has 0 unspecified atom stereocenters. The molecule has 0 radical (unpaired) electrons. The van der Waals surface area contributed by atoms with Crippen LogP contribution in [0.15, 0.2) is 54.6 Å². The van der Waals surface area contributed by atoms with Crippen LogP contribution in [0.25, 0.3) is 11.3 Å². The normalized spacial score (nSPS) is 10.6. The predicted molar refractivity (Wildman–Crippen MR) is 116 cm³/mol. The molecule has 0 bridgehead atoms. The molecule has 0 fully saturated rings. The molecule has 0 aliphatic carbocycles. The van der Waals surface area contributed by atoms with Gasteiger partial charge in [0.05, 0.1) is 12.3 Å². The summed E-state index contributed by atoms with van der Waals surface area (Å²) in [5, 5.41) is 3.55. The van der Waals surface area contributed by atoms with Crippen molar-refractivity contribution >= 4 is 22.4 Å². The number of hydrogen-bond donors (Lipinski definition) is 1. The number of carbonyl (C=O) groups is 1. The Balaban J connectivity index is 1.43. The maximum absolute atomic E-state index is 12.2. The number of ether oxygens (including phenoxy) is 1. The van der Waals surface area contributed by atoms with Crippen molar-refractivity contribution in [2.45, 2.75) is 39.5 Å². The van der Waals surface area contributed by atoms with Crippen LogP contribution in [0.5, 0.6) is 5.75 Å². The highest BCUT2D eigenvalue weighted by Crippen LogP contribution is 2.30. The van der Waals surface area contributed by atoms with E-state index in [-0.39, 0.29) is 5.91 Å². The predicted octanol–water partition coefficient (Wildman–Crippen LogP) is 5.87. The van der Waals surface area contributed by atoms with E-state index in [1.165, 1.54) is 16.9 Å². The number of thiazole rings is 1. The summed E-state index contributed by atoms with van der Waals surface area (Å²) in [5.41, 5.74) is 3.31. The van der Waals surface area contributed by atoms with Gasteiger partial charge in [0.1, 0.15) is 5.75 Å². The summed E-state index contributed by atoms with van der Waals surface area (Å²) in [4.78, 5) is 17.9. The summed E-state index contributed by atoms with van der Waals surface area (Å²) in [6, 6.07) is 18.2. The third-order valence-electron chi connectivity index (χ3n) is 4.37. The molecule has 0 saturated heterocycles. The molecule has 28 heavy (non-hydrogen) atoms. The van der Waals surface area contributed by atoms with E-state index in [4.69, 9.17) is 4.74 Å². The van der Waals surface area contributed by atoms with E-state index in [0.717, 1.165) is 34.7 Å². The van der Waals surface area contributed by atoms with Gasteiger partial charge in [-0.15, -0.1) is 11.3 Å². The van der Waals surface area contributed by atoms with Crippen molar-refractivity contribution in [1.82, 2.24) is 4.98 Å². The number of aryl methyl sites for hydroxylation is 2. The van der Waals surface area contributed by atoms with E-state index in [2.05, 4.69) is 29.4 Å². The largest absolute Gasteiger partial charge is 0.494 e. The van der Waals surface area contributed by atoms with Gasteiger partial charge in [-0.3, -0.25) is 4.79 Å². The number of aromatic nitrogens is 1. The van der Waals surface area contributed by atoms with Crippen molar-refractivity contribution in [3.8, 4) is 17.0 Å². The molecular formula is C23H26N2O2S. The molecule has 0 spiro atoms. The summed E-state index contributed by atoms with van der Waals surface area (Å²) < 4.78 is 5.73. The first-order chi connectivity index (χ1) is 13.7. The second kappa shape index (κ2) is 10.0. The van der Waals surface area contributed by atoms with Gasteiger partial charge in [-0.1, -0.05) is 55.8 Å². The van der Waals surface area contributed by atoms with Crippen molar-refractivity contribution in [3.63, 3.8) is 0 Å². The molecule has 0 aliphatic heterocycles. The molecular weight excluding hydrogens is 368 g/mol. The van der Waals surface area contributed by atoms with Crippen LogP contribution in [0, 0.1) is 6.92 Å². The van der Waals surface area contributed by atoms with Crippen LogP contribution in [0.1, 0.15) is 36.6 Å². The quantitative estimate of drug-likeness (QED) is 0.462. The first kappa shape index (κ1) is 20.1. The molecule has 2 aromatic carbocycles. The van der Waals surface area contributed by atoms with E-state index in [0.29, 0.717) is 24.6 Å². The van der Waals surface area contributed by atoms with Crippen molar-refractivity contribution in [3.05, 3.63) is 65.0 Å². The molecule has 5 heteroatoms. The fourth-order valence-electron chi connectivity index (χ4n) is 2.96. The Kier molecular flexibility index (Phi) is 7.20. The first-order valence-corrected chi connectivity index (χ1v) is 10.5. The van der Waals surface area contributed by atoms with Crippen LogP contribution in [-0.4, -0.2) is 17.5 Å². The molecule has 0 atom stereocenters. The number of rotatable bonds is 9. The van der Waals surface area contributed by atoms with Gasteiger partial charge < -0.3 is 10.1 Å². The van der Waals surface area contributed by atoms with E-state index < -0.39 is 0 Å². The average Bonchev–Trinajstić information content (AvgIpc) is 3.07. The van der Waals surface area contributed by atoms with Gasteiger partial charge >= 0.3 is 0 Å². The van der Waals surface area contributed by atoms with Gasteiger partial charge in [0.2, 0.25) is 5.91 Å². The summed E-state index contributed by atoms with van der Waals surface area (Å²) in [7, 11) is 0. The smallest absolute Gasteiger partial charge is 0.226 e.